The zero-order chi connectivity index (χ0) is 22.1. The second kappa shape index (κ2) is 11.6. The number of nitrogens with one attached hydrogen (secondary N) is 1. The van der Waals surface area contributed by atoms with Crippen LogP contribution in [-0.4, -0.2) is 34.0 Å². The smallest absolute Gasteiger partial charge is 0.305 e. The minimum atomic E-state index is -0.184. The van der Waals surface area contributed by atoms with Gasteiger partial charge < -0.3 is 10.1 Å². The number of unbranched alkanes of at least 4 members (excludes halogenated alkanes) is 3. The largest absolute Gasteiger partial charge is 0.469 e. The maximum atomic E-state index is 12.2. The van der Waals surface area contributed by atoms with Crippen LogP contribution in [0.4, 0.5) is 5.69 Å². The van der Waals surface area contributed by atoms with Crippen LogP contribution >= 0.6 is 22.6 Å². The number of benzene rings is 2. The molecule has 2 aromatic carbocycles. The van der Waals surface area contributed by atoms with Crippen molar-refractivity contribution >= 4 is 40.2 Å². The van der Waals surface area contributed by atoms with Gasteiger partial charge in [-0.2, -0.15) is 0 Å². The van der Waals surface area contributed by atoms with Gasteiger partial charge in [-0.3, -0.25) is 9.59 Å². The fourth-order valence-corrected chi connectivity index (χ4v) is 3.47. The molecule has 0 saturated carbocycles. The van der Waals surface area contributed by atoms with E-state index in [1.165, 1.54) is 7.11 Å². The van der Waals surface area contributed by atoms with Crippen LogP contribution in [0.2, 0.25) is 0 Å². The molecule has 0 bridgehead atoms. The van der Waals surface area contributed by atoms with Gasteiger partial charge in [0.25, 0.3) is 0 Å². The summed E-state index contributed by atoms with van der Waals surface area (Å²) in [6.07, 6.45) is 6.16. The molecule has 1 aromatic heterocycles. The van der Waals surface area contributed by atoms with E-state index in [0.717, 1.165) is 51.9 Å². The molecule has 0 saturated heterocycles. The molecule has 0 aliphatic carbocycles. The molecule has 0 fully saturated rings. The minimum absolute atomic E-state index is 0.0207. The molecule has 1 N–H and O–H groups in total. The van der Waals surface area contributed by atoms with E-state index < -0.39 is 0 Å². The Morgan fingerprint density at radius 2 is 1.77 bits per heavy atom. The van der Waals surface area contributed by atoms with Gasteiger partial charge in [-0.15, -0.1) is 5.10 Å². The number of hydrogen-bond acceptors (Lipinski definition) is 5. The number of esters is 1. The zero-order valence-electron chi connectivity index (χ0n) is 17.4. The zero-order valence-corrected chi connectivity index (χ0v) is 19.5. The van der Waals surface area contributed by atoms with Crippen molar-refractivity contribution in [1.29, 1.82) is 0 Å². The predicted molar refractivity (Wildman–Crippen MR) is 128 cm³/mol. The Bertz CT molecular complexity index is 1020. The maximum absolute atomic E-state index is 12.2. The molecule has 162 valence electrons. The number of ether oxygens (including phenoxy) is 1. The van der Waals surface area contributed by atoms with Crippen molar-refractivity contribution in [3.63, 3.8) is 0 Å². The summed E-state index contributed by atoms with van der Waals surface area (Å²) in [4.78, 5) is 23.3. The number of methoxy groups -OCH3 is 1. The first kappa shape index (κ1) is 22.9. The highest BCUT2D eigenvalue weighted by Crippen LogP contribution is 2.22. The van der Waals surface area contributed by atoms with Crippen LogP contribution in [0.25, 0.3) is 16.9 Å². The van der Waals surface area contributed by atoms with Gasteiger partial charge in [0.15, 0.2) is 0 Å². The van der Waals surface area contributed by atoms with Gasteiger partial charge in [0, 0.05) is 27.7 Å². The lowest BCUT2D eigenvalue weighted by atomic mass is 10.1. The Kier molecular flexibility index (Phi) is 8.57. The summed E-state index contributed by atoms with van der Waals surface area (Å²) in [6.45, 7) is 0. The van der Waals surface area contributed by atoms with Crippen molar-refractivity contribution in [3.8, 4) is 16.9 Å². The summed E-state index contributed by atoms with van der Waals surface area (Å²) < 4.78 is 7.51. The van der Waals surface area contributed by atoms with Crippen LogP contribution in [0.5, 0.6) is 0 Å². The quantitative estimate of drug-likeness (QED) is 0.226. The fourth-order valence-electron chi connectivity index (χ4n) is 3.11. The Morgan fingerprint density at radius 3 is 2.52 bits per heavy atom. The van der Waals surface area contributed by atoms with Crippen molar-refractivity contribution in [2.75, 3.05) is 12.4 Å². The topological polar surface area (TPSA) is 86.1 Å². The molecule has 3 rings (SSSR count). The third-order valence-electron chi connectivity index (χ3n) is 4.79. The molecule has 0 aliphatic rings. The molecule has 0 spiro atoms. The highest BCUT2D eigenvalue weighted by molar-refractivity contribution is 14.1. The minimum Gasteiger partial charge on any atom is -0.469 e. The van der Waals surface area contributed by atoms with E-state index in [2.05, 4.69) is 43.0 Å². The number of rotatable bonds is 10. The van der Waals surface area contributed by atoms with E-state index in [1.807, 2.05) is 54.7 Å². The number of hydrogen-bond donors (Lipinski definition) is 1. The predicted octanol–water partition coefficient (Wildman–Crippen LogP) is 4.99. The Labute approximate surface area is 195 Å². The molecule has 0 unspecified atom stereocenters. The van der Waals surface area contributed by atoms with E-state index >= 15 is 0 Å². The van der Waals surface area contributed by atoms with E-state index in [-0.39, 0.29) is 11.9 Å². The average Bonchev–Trinajstić information content (AvgIpc) is 3.27. The molecule has 3 aromatic rings. The van der Waals surface area contributed by atoms with Gasteiger partial charge in [0.1, 0.15) is 5.69 Å². The Morgan fingerprint density at radius 1 is 1.03 bits per heavy atom. The summed E-state index contributed by atoms with van der Waals surface area (Å²) in [7, 11) is 1.40. The molecular weight excluding hydrogens is 507 g/mol. The van der Waals surface area contributed by atoms with Crippen molar-refractivity contribution < 1.29 is 14.3 Å². The third kappa shape index (κ3) is 7.16. The standard InChI is InChI=1S/C23H25IN4O3/c1-31-23(30)10-5-3-2-4-9-22(29)25-19-8-6-7-17(15-19)21-16-28(27-26-21)20-13-11-18(24)12-14-20/h6-8,11-16H,2-5,9-10H2,1H3,(H,25,29). The molecule has 1 heterocycles. The van der Waals surface area contributed by atoms with E-state index in [0.29, 0.717) is 12.8 Å². The van der Waals surface area contributed by atoms with E-state index in [4.69, 9.17) is 0 Å². The fraction of sp³-hybridized carbons (Fsp3) is 0.304. The highest BCUT2D eigenvalue weighted by atomic mass is 127. The molecule has 1 amide bonds. The van der Waals surface area contributed by atoms with Crippen molar-refractivity contribution in [2.24, 2.45) is 0 Å². The summed E-state index contributed by atoms with van der Waals surface area (Å²) in [6, 6.07) is 15.6. The lowest BCUT2D eigenvalue weighted by Crippen LogP contribution is -2.11. The van der Waals surface area contributed by atoms with Crippen LogP contribution in [0, 0.1) is 3.57 Å². The molecule has 7 nitrogen and oxygen atoms in total. The first-order chi connectivity index (χ1) is 15.0. The second-order valence-corrected chi connectivity index (χ2v) is 8.39. The van der Waals surface area contributed by atoms with Gasteiger partial charge in [0.05, 0.1) is 19.0 Å². The van der Waals surface area contributed by atoms with Gasteiger partial charge in [-0.25, -0.2) is 4.68 Å². The number of anilines is 1. The Hall–Kier alpha value is -2.75. The number of aromatic nitrogens is 3. The number of carbonyl (C=O) groups is 2. The summed E-state index contributed by atoms with van der Waals surface area (Å²) in [5, 5.41) is 11.4. The normalized spacial score (nSPS) is 10.6. The lowest BCUT2D eigenvalue weighted by Gasteiger charge is -2.06. The molecule has 8 heteroatoms. The maximum Gasteiger partial charge on any atom is 0.305 e. The third-order valence-corrected chi connectivity index (χ3v) is 5.51. The molecule has 0 radical (unpaired) electrons. The second-order valence-electron chi connectivity index (χ2n) is 7.14. The first-order valence-corrected chi connectivity index (χ1v) is 11.3. The molecule has 0 atom stereocenters. The van der Waals surface area contributed by atoms with Crippen molar-refractivity contribution in [3.05, 3.63) is 58.3 Å². The number of carbonyl (C=O) groups excluding carboxylic acids is 2. The summed E-state index contributed by atoms with van der Waals surface area (Å²) in [5.74, 6) is -0.205. The highest BCUT2D eigenvalue weighted by Gasteiger charge is 2.08. The van der Waals surface area contributed by atoms with Gasteiger partial charge in [-0.1, -0.05) is 30.2 Å². The van der Waals surface area contributed by atoms with Crippen LogP contribution < -0.4 is 5.32 Å². The SMILES string of the molecule is COC(=O)CCCCCCC(=O)Nc1cccc(-c2cn(-c3ccc(I)cc3)nn2)c1. The summed E-state index contributed by atoms with van der Waals surface area (Å²) in [5.41, 5.74) is 3.30. The molecule has 31 heavy (non-hydrogen) atoms. The van der Waals surface area contributed by atoms with Crippen LogP contribution in [0.15, 0.2) is 54.7 Å². The average molecular weight is 532 g/mol. The van der Waals surface area contributed by atoms with Gasteiger partial charge >= 0.3 is 5.97 Å². The van der Waals surface area contributed by atoms with E-state index in [9.17, 15) is 9.59 Å². The molecular formula is C23H25IN4O3. The van der Waals surface area contributed by atoms with Gasteiger partial charge in [-0.05, 0) is 71.8 Å². The number of amides is 1. The summed E-state index contributed by atoms with van der Waals surface area (Å²) >= 11 is 2.26. The van der Waals surface area contributed by atoms with E-state index in [1.54, 1.807) is 4.68 Å². The monoisotopic (exact) mass is 532 g/mol. The lowest BCUT2D eigenvalue weighted by molar-refractivity contribution is -0.140. The Balaban J connectivity index is 1.50. The van der Waals surface area contributed by atoms with Crippen LogP contribution in [-0.2, 0) is 14.3 Å². The van der Waals surface area contributed by atoms with Crippen molar-refractivity contribution in [1.82, 2.24) is 15.0 Å². The van der Waals surface area contributed by atoms with Crippen LogP contribution in [0.1, 0.15) is 38.5 Å². The van der Waals surface area contributed by atoms with Gasteiger partial charge in [0.2, 0.25) is 5.91 Å². The number of halogens is 1. The number of nitrogens with zero attached hydrogens (tertiary/aromatic N) is 3. The van der Waals surface area contributed by atoms with Crippen LogP contribution in [0.3, 0.4) is 0 Å². The first-order valence-electron chi connectivity index (χ1n) is 10.2. The molecule has 0 aliphatic heterocycles. The van der Waals surface area contributed by atoms with Crippen molar-refractivity contribution in [2.45, 2.75) is 38.5 Å².